The molecule has 0 unspecified atom stereocenters. The number of likely N-dealkylation sites (tertiary alicyclic amines) is 1. The number of amides is 2. The standard InChI is InChI=1S/C15H20N4O/c1-11-4-3-5-14(17-11)12(2)18-15(20)19-8-6-13(10-16)7-9-19/h3-5,12-13H,6-9H2,1-2H3,(H,18,20)/t12-/m1/s1. The number of pyridine rings is 1. The number of aryl methyl sites for hydroxylation is 1. The zero-order valence-corrected chi connectivity index (χ0v) is 12.0. The molecule has 0 aromatic carbocycles. The fourth-order valence-corrected chi connectivity index (χ4v) is 2.37. The summed E-state index contributed by atoms with van der Waals surface area (Å²) in [6.07, 6.45) is 1.53. The molecule has 1 aliphatic rings. The molecule has 1 aromatic heterocycles. The molecule has 1 fully saturated rings. The van der Waals surface area contributed by atoms with Gasteiger partial charge < -0.3 is 10.2 Å². The van der Waals surface area contributed by atoms with Crippen molar-refractivity contribution >= 4 is 6.03 Å². The fourth-order valence-electron chi connectivity index (χ4n) is 2.37. The quantitative estimate of drug-likeness (QED) is 0.898. The number of piperidine rings is 1. The van der Waals surface area contributed by atoms with E-state index in [1.54, 1.807) is 4.90 Å². The van der Waals surface area contributed by atoms with Gasteiger partial charge in [-0.25, -0.2) is 4.79 Å². The van der Waals surface area contributed by atoms with Gasteiger partial charge in [0.1, 0.15) is 0 Å². The van der Waals surface area contributed by atoms with Crippen LogP contribution in [0.1, 0.15) is 37.2 Å². The summed E-state index contributed by atoms with van der Waals surface area (Å²) in [4.78, 5) is 18.4. The van der Waals surface area contributed by atoms with Gasteiger partial charge in [0, 0.05) is 24.7 Å². The highest BCUT2D eigenvalue weighted by atomic mass is 16.2. The number of urea groups is 1. The van der Waals surface area contributed by atoms with E-state index in [1.165, 1.54) is 0 Å². The van der Waals surface area contributed by atoms with Crippen molar-refractivity contribution in [2.24, 2.45) is 5.92 Å². The average Bonchev–Trinajstić information content (AvgIpc) is 2.47. The SMILES string of the molecule is Cc1cccc([C@@H](C)NC(=O)N2CCC(C#N)CC2)n1. The maximum Gasteiger partial charge on any atom is 0.317 e. The Bertz CT molecular complexity index is 515. The van der Waals surface area contributed by atoms with E-state index in [2.05, 4.69) is 16.4 Å². The number of nitrogens with zero attached hydrogens (tertiary/aromatic N) is 3. The second kappa shape index (κ2) is 6.38. The van der Waals surface area contributed by atoms with Crippen molar-refractivity contribution < 1.29 is 4.79 Å². The highest BCUT2D eigenvalue weighted by Gasteiger charge is 2.23. The highest BCUT2D eigenvalue weighted by molar-refractivity contribution is 5.74. The van der Waals surface area contributed by atoms with Crippen LogP contribution in [0.2, 0.25) is 0 Å². The summed E-state index contributed by atoms with van der Waals surface area (Å²) in [5.41, 5.74) is 1.81. The smallest absolute Gasteiger partial charge is 0.317 e. The van der Waals surface area contributed by atoms with Gasteiger partial charge in [0.15, 0.2) is 0 Å². The number of aromatic nitrogens is 1. The van der Waals surface area contributed by atoms with Gasteiger partial charge in [0.25, 0.3) is 0 Å². The molecule has 1 atom stereocenters. The van der Waals surface area contributed by atoms with Gasteiger partial charge >= 0.3 is 6.03 Å². The normalized spacial score (nSPS) is 17.4. The molecular weight excluding hydrogens is 252 g/mol. The van der Waals surface area contributed by atoms with Gasteiger partial charge in [-0.1, -0.05) is 6.07 Å². The predicted octanol–water partition coefficient (Wildman–Crippen LogP) is 2.40. The van der Waals surface area contributed by atoms with Crippen LogP contribution in [0, 0.1) is 24.2 Å². The minimum absolute atomic E-state index is 0.0720. The molecule has 2 heterocycles. The largest absolute Gasteiger partial charge is 0.330 e. The number of nitriles is 1. The van der Waals surface area contributed by atoms with Crippen molar-refractivity contribution in [1.29, 1.82) is 5.26 Å². The molecule has 2 rings (SSSR count). The Morgan fingerprint density at radius 2 is 2.20 bits per heavy atom. The van der Waals surface area contributed by atoms with Gasteiger partial charge in [-0.2, -0.15) is 5.26 Å². The monoisotopic (exact) mass is 272 g/mol. The van der Waals surface area contributed by atoms with E-state index < -0.39 is 0 Å². The van der Waals surface area contributed by atoms with Crippen LogP contribution in [-0.2, 0) is 0 Å². The second-order valence-electron chi connectivity index (χ2n) is 5.27. The summed E-state index contributed by atoms with van der Waals surface area (Å²) in [5, 5.41) is 11.8. The summed E-state index contributed by atoms with van der Waals surface area (Å²) in [6.45, 7) is 5.17. The Morgan fingerprint density at radius 3 is 2.80 bits per heavy atom. The van der Waals surface area contributed by atoms with Crippen LogP contribution in [0.3, 0.4) is 0 Å². The predicted molar refractivity (Wildman–Crippen MR) is 75.8 cm³/mol. The van der Waals surface area contributed by atoms with Crippen molar-refractivity contribution in [2.75, 3.05) is 13.1 Å². The second-order valence-corrected chi connectivity index (χ2v) is 5.27. The minimum Gasteiger partial charge on any atom is -0.330 e. The van der Waals surface area contributed by atoms with Gasteiger partial charge in [0.05, 0.1) is 17.8 Å². The lowest BCUT2D eigenvalue weighted by atomic mass is 9.99. The van der Waals surface area contributed by atoms with Crippen LogP contribution >= 0.6 is 0 Å². The summed E-state index contributed by atoms with van der Waals surface area (Å²) in [6, 6.07) is 7.88. The molecule has 5 nitrogen and oxygen atoms in total. The van der Waals surface area contributed by atoms with Crippen LogP contribution in [0.15, 0.2) is 18.2 Å². The van der Waals surface area contributed by atoms with Crippen molar-refractivity contribution in [2.45, 2.75) is 32.7 Å². The lowest BCUT2D eigenvalue weighted by Crippen LogP contribution is -2.45. The Morgan fingerprint density at radius 1 is 1.50 bits per heavy atom. The molecule has 0 bridgehead atoms. The summed E-state index contributed by atoms with van der Waals surface area (Å²) in [5.74, 6) is 0.0925. The third-order valence-corrected chi connectivity index (χ3v) is 3.66. The van der Waals surface area contributed by atoms with Gasteiger partial charge in [-0.3, -0.25) is 4.98 Å². The van der Waals surface area contributed by atoms with E-state index >= 15 is 0 Å². The molecule has 0 spiro atoms. The summed E-state index contributed by atoms with van der Waals surface area (Å²) >= 11 is 0. The van der Waals surface area contributed by atoms with Crippen LogP contribution in [-0.4, -0.2) is 29.0 Å². The van der Waals surface area contributed by atoms with Gasteiger partial charge in [-0.05, 0) is 38.8 Å². The van der Waals surface area contributed by atoms with Gasteiger partial charge in [0.2, 0.25) is 0 Å². The third kappa shape index (κ3) is 3.47. The first-order valence-electron chi connectivity index (χ1n) is 6.98. The molecule has 1 saturated heterocycles. The van der Waals surface area contributed by atoms with E-state index in [9.17, 15) is 4.79 Å². The van der Waals surface area contributed by atoms with Crippen molar-refractivity contribution in [3.05, 3.63) is 29.6 Å². The number of nitrogens with one attached hydrogen (secondary N) is 1. The molecule has 1 N–H and O–H groups in total. The number of rotatable bonds is 2. The maximum atomic E-state index is 12.2. The number of carbonyl (C=O) groups is 1. The van der Waals surface area contributed by atoms with Crippen molar-refractivity contribution in [1.82, 2.24) is 15.2 Å². The van der Waals surface area contributed by atoms with E-state index in [1.807, 2.05) is 32.0 Å². The van der Waals surface area contributed by atoms with E-state index in [4.69, 9.17) is 5.26 Å². The van der Waals surface area contributed by atoms with E-state index in [-0.39, 0.29) is 18.0 Å². The van der Waals surface area contributed by atoms with Crippen LogP contribution < -0.4 is 5.32 Å². The average molecular weight is 272 g/mol. The zero-order chi connectivity index (χ0) is 14.5. The minimum atomic E-state index is -0.115. The lowest BCUT2D eigenvalue weighted by Gasteiger charge is -2.30. The molecule has 0 saturated carbocycles. The molecule has 1 aliphatic heterocycles. The zero-order valence-electron chi connectivity index (χ0n) is 12.0. The van der Waals surface area contributed by atoms with Crippen molar-refractivity contribution in [3.63, 3.8) is 0 Å². The first-order valence-corrected chi connectivity index (χ1v) is 6.98. The third-order valence-electron chi connectivity index (χ3n) is 3.66. The van der Waals surface area contributed by atoms with Crippen LogP contribution in [0.4, 0.5) is 4.79 Å². The van der Waals surface area contributed by atoms with E-state index in [0.717, 1.165) is 24.2 Å². The Hall–Kier alpha value is -2.09. The van der Waals surface area contributed by atoms with Crippen LogP contribution in [0.5, 0.6) is 0 Å². The fraction of sp³-hybridized carbons (Fsp3) is 0.533. The Balaban J connectivity index is 1.90. The molecular formula is C15H20N4O. The Labute approximate surface area is 119 Å². The first kappa shape index (κ1) is 14.3. The highest BCUT2D eigenvalue weighted by Crippen LogP contribution is 2.17. The summed E-state index contributed by atoms with van der Waals surface area (Å²) in [7, 11) is 0. The molecule has 0 radical (unpaired) electrons. The molecule has 20 heavy (non-hydrogen) atoms. The van der Waals surface area contributed by atoms with Gasteiger partial charge in [-0.15, -0.1) is 0 Å². The topological polar surface area (TPSA) is 69.0 Å². The lowest BCUT2D eigenvalue weighted by molar-refractivity contribution is 0.176. The number of hydrogen-bond donors (Lipinski definition) is 1. The molecule has 5 heteroatoms. The molecule has 2 amide bonds. The first-order chi connectivity index (χ1) is 9.60. The summed E-state index contributed by atoms with van der Waals surface area (Å²) < 4.78 is 0. The molecule has 0 aliphatic carbocycles. The van der Waals surface area contributed by atoms with Crippen LogP contribution in [0.25, 0.3) is 0 Å². The number of carbonyl (C=O) groups excluding carboxylic acids is 1. The Kier molecular flexibility index (Phi) is 4.57. The van der Waals surface area contributed by atoms with E-state index in [0.29, 0.717) is 13.1 Å². The maximum absolute atomic E-state index is 12.2. The molecule has 106 valence electrons. The van der Waals surface area contributed by atoms with Crippen molar-refractivity contribution in [3.8, 4) is 6.07 Å². The number of hydrogen-bond acceptors (Lipinski definition) is 3. The molecule has 1 aromatic rings.